The predicted molar refractivity (Wildman–Crippen MR) is 83.0 cm³/mol. The van der Waals surface area contributed by atoms with Gasteiger partial charge in [0.2, 0.25) is 5.91 Å². The Hall–Kier alpha value is -0.320. The van der Waals surface area contributed by atoms with Crippen molar-refractivity contribution in [2.75, 3.05) is 13.2 Å². The highest BCUT2D eigenvalue weighted by Crippen LogP contribution is 2.26. The molecule has 1 aliphatic heterocycles. The van der Waals surface area contributed by atoms with Gasteiger partial charge in [-0.2, -0.15) is 0 Å². The number of hydrogen-bond donors (Lipinski definition) is 2. The van der Waals surface area contributed by atoms with E-state index in [9.17, 15) is 4.79 Å². The van der Waals surface area contributed by atoms with Gasteiger partial charge in [0, 0.05) is 25.6 Å². The van der Waals surface area contributed by atoms with Crippen molar-refractivity contribution in [2.24, 2.45) is 11.7 Å². The minimum Gasteiger partial charge on any atom is -0.378 e. The van der Waals surface area contributed by atoms with Crippen LogP contribution >= 0.6 is 12.4 Å². The Kier molecular flexibility index (Phi) is 8.50. The van der Waals surface area contributed by atoms with Gasteiger partial charge in [0.25, 0.3) is 0 Å². The van der Waals surface area contributed by atoms with Gasteiger partial charge in [-0.3, -0.25) is 4.79 Å². The fourth-order valence-corrected chi connectivity index (χ4v) is 3.35. The molecule has 1 heterocycles. The fourth-order valence-electron chi connectivity index (χ4n) is 3.35. The number of amides is 1. The summed E-state index contributed by atoms with van der Waals surface area (Å²) < 4.78 is 5.55. The van der Waals surface area contributed by atoms with Crippen molar-refractivity contribution in [2.45, 2.75) is 69.9 Å². The van der Waals surface area contributed by atoms with E-state index in [4.69, 9.17) is 10.5 Å². The monoisotopic (exact) mass is 304 g/mol. The van der Waals surface area contributed by atoms with Gasteiger partial charge in [0.15, 0.2) is 0 Å². The van der Waals surface area contributed by atoms with E-state index in [1.165, 1.54) is 32.1 Å². The van der Waals surface area contributed by atoms with Gasteiger partial charge in [-0.25, -0.2) is 0 Å². The summed E-state index contributed by atoms with van der Waals surface area (Å²) in [6.45, 7) is 1.43. The van der Waals surface area contributed by atoms with Crippen molar-refractivity contribution < 1.29 is 9.53 Å². The number of nitrogens with two attached hydrogens (primary N) is 1. The summed E-state index contributed by atoms with van der Waals surface area (Å²) in [6.07, 6.45) is 10.3. The quantitative estimate of drug-likeness (QED) is 0.792. The van der Waals surface area contributed by atoms with Crippen LogP contribution in [0.2, 0.25) is 0 Å². The van der Waals surface area contributed by atoms with Crippen LogP contribution in [0.3, 0.4) is 0 Å². The van der Waals surface area contributed by atoms with Gasteiger partial charge in [0.1, 0.15) is 0 Å². The zero-order valence-electron chi connectivity index (χ0n) is 12.3. The molecule has 0 spiro atoms. The summed E-state index contributed by atoms with van der Waals surface area (Å²) in [6, 6.07) is 0.178. The lowest BCUT2D eigenvalue weighted by atomic mass is 9.84. The summed E-state index contributed by atoms with van der Waals surface area (Å²) in [5.74, 6) is 0.738. The number of carbonyl (C=O) groups excluding carboxylic acids is 1. The summed E-state index contributed by atoms with van der Waals surface area (Å²) in [5.41, 5.74) is 5.83. The molecule has 1 saturated heterocycles. The van der Waals surface area contributed by atoms with E-state index in [0.29, 0.717) is 25.0 Å². The number of halogens is 1. The summed E-state index contributed by atoms with van der Waals surface area (Å²) in [4.78, 5) is 12.0. The van der Waals surface area contributed by atoms with Crippen molar-refractivity contribution in [1.82, 2.24) is 5.32 Å². The van der Waals surface area contributed by atoms with E-state index in [1.807, 2.05) is 0 Å². The molecule has 0 aromatic heterocycles. The van der Waals surface area contributed by atoms with Crippen LogP contribution in [0.25, 0.3) is 0 Å². The van der Waals surface area contributed by atoms with Crippen LogP contribution in [0.4, 0.5) is 0 Å². The second-order valence-electron chi connectivity index (χ2n) is 5.98. The van der Waals surface area contributed by atoms with Gasteiger partial charge in [-0.1, -0.05) is 19.3 Å². The number of carbonyl (C=O) groups is 1. The lowest BCUT2D eigenvalue weighted by Gasteiger charge is -2.30. The van der Waals surface area contributed by atoms with Crippen LogP contribution in [0.5, 0.6) is 0 Å². The second kappa shape index (κ2) is 9.59. The fraction of sp³-hybridized carbons (Fsp3) is 0.933. The van der Waals surface area contributed by atoms with Crippen molar-refractivity contribution >= 4 is 18.3 Å². The van der Waals surface area contributed by atoms with Crippen molar-refractivity contribution in [3.05, 3.63) is 0 Å². The van der Waals surface area contributed by atoms with E-state index < -0.39 is 0 Å². The maximum Gasteiger partial charge on any atom is 0.220 e. The molecular weight excluding hydrogens is 276 g/mol. The number of ether oxygens (including phenoxy) is 1. The SMILES string of the molecule is Cl.NCC(NC(=O)CCC1CCCO1)C1CCCCC1. The molecule has 1 amide bonds. The molecule has 0 radical (unpaired) electrons. The van der Waals surface area contributed by atoms with Crippen molar-refractivity contribution in [3.63, 3.8) is 0 Å². The molecule has 1 saturated carbocycles. The third kappa shape index (κ3) is 5.58. The topological polar surface area (TPSA) is 64.3 Å². The third-order valence-electron chi connectivity index (χ3n) is 4.54. The first-order chi connectivity index (χ1) is 9.29. The minimum absolute atomic E-state index is 0. The van der Waals surface area contributed by atoms with Crippen LogP contribution < -0.4 is 11.1 Å². The zero-order valence-corrected chi connectivity index (χ0v) is 13.1. The van der Waals surface area contributed by atoms with Gasteiger partial charge in [-0.05, 0) is 38.0 Å². The molecule has 0 bridgehead atoms. The Morgan fingerprint density at radius 2 is 1.95 bits per heavy atom. The van der Waals surface area contributed by atoms with Gasteiger partial charge in [0.05, 0.1) is 6.10 Å². The van der Waals surface area contributed by atoms with Crippen LogP contribution in [-0.4, -0.2) is 31.2 Å². The Balaban J connectivity index is 0.00000200. The van der Waals surface area contributed by atoms with Gasteiger partial charge in [-0.15, -0.1) is 12.4 Å². The first-order valence-corrected chi connectivity index (χ1v) is 7.90. The lowest BCUT2D eigenvalue weighted by Crippen LogP contribution is -2.46. The summed E-state index contributed by atoms with van der Waals surface area (Å²) >= 11 is 0. The molecule has 1 aliphatic carbocycles. The molecular formula is C15H29ClN2O2. The lowest BCUT2D eigenvalue weighted by molar-refractivity contribution is -0.122. The predicted octanol–water partition coefficient (Wildman–Crippen LogP) is 2.39. The smallest absolute Gasteiger partial charge is 0.220 e. The Bertz CT molecular complexity index is 277. The van der Waals surface area contributed by atoms with Crippen LogP contribution in [0, 0.1) is 5.92 Å². The Morgan fingerprint density at radius 1 is 1.20 bits per heavy atom. The van der Waals surface area contributed by atoms with Crippen molar-refractivity contribution in [1.29, 1.82) is 0 Å². The standard InChI is InChI=1S/C15H28N2O2.ClH/c16-11-14(12-5-2-1-3-6-12)17-15(18)9-8-13-7-4-10-19-13;/h12-14H,1-11,16H2,(H,17,18);1H. The van der Waals surface area contributed by atoms with Gasteiger partial charge < -0.3 is 15.8 Å². The highest BCUT2D eigenvalue weighted by molar-refractivity contribution is 5.85. The minimum atomic E-state index is 0. The normalized spacial score (nSPS) is 24.9. The van der Waals surface area contributed by atoms with Crippen LogP contribution in [-0.2, 0) is 9.53 Å². The molecule has 2 atom stereocenters. The molecule has 2 fully saturated rings. The highest BCUT2D eigenvalue weighted by Gasteiger charge is 2.24. The van der Waals surface area contributed by atoms with E-state index in [1.54, 1.807) is 0 Å². The molecule has 2 unspecified atom stereocenters. The molecule has 0 aromatic rings. The van der Waals surface area contributed by atoms with Crippen LogP contribution in [0.15, 0.2) is 0 Å². The van der Waals surface area contributed by atoms with Gasteiger partial charge >= 0.3 is 0 Å². The molecule has 2 rings (SSSR count). The maximum atomic E-state index is 12.0. The van der Waals surface area contributed by atoms with E-state index in [-0.39, 0.29) is 24.4 Å². The molecule has 2 aliphatic rings. The Labute approximate surface area is 128 Å². The Morgan fingerprint density at radius 3 is 2.55 bits per heavy atom. The first kappa shape index (κ1) is 17.7. The highest BCUT2D eigenvalue weighted by atomic mass is 35.5. The molecule has 5 heteroatoms. The summed E-state index contributed by atoms with van der Waals surface area (Å²) in [5, 5.41) is 3.14. The molecule has 20 heavy (non-hydrogen) atoms. The summed E-state index contributed by atoms with van der Waals surface area (Å²) in [7, 11) is 0. The third-order valence-corrected chi connectivity index (χ3v) is 4.54. The molecule has 4 nitrogen and oxygen atoms in total. The number of hydrogen-bond acceptors (Lipinski definition) is 3. The van der Waals surface area contributed by atoms with E-state index >= 15 is 0 Å². The van der Waals surface area contributed by atoms with Crippen LogP contribution in [0.1, 0.15) is 57.8 Å². The largest absolute Gasteiger partial charge is 0.378 e. The molecule has 0 aromatic carbocycles. The van der Waals surface area contributed by atoms with E-state index in [0.717, 1.165) is 25.9 Å². The zero-order chi connectivity index (χ0) is 13.5. The number of nitrogens with one attached hydrogen (secondary N) is 1. The second-order valence-corrected chi connectivity index (χ2v) is 5.98. The maximum absolute atomic E-state index is 12.0. The molecule has 3 N–H and O–H groups in total. The first-order valence-electron chi connectivity index (χ1n) is 7.90. The van der Waals surface area contributed by atoms with Crippen molar-refractivity contribution in [3.8, 4) is 0 Å². The average Bonchev–Trinajstić information content (AvgIpc) is 2.97. The van der Waals surface area contributed by atoms with E-state index in [2.05, 4.69) is 5.32 Å². The molecule has 118 valence electrons. The average molecular weight is 305 g/mol. The number of rotatable bonds is 6.